The molecule has 0 amide bonds. The van der Waals surface area contributed by atoms with E-state index in [1.807, 2.05) is 0 Å². The number of para-hydroxylation sites is 1. The minimum atomic E-state index is 0.695. The van der Waals surface area contributed by atoms with E-state index in [-0.39, 0.29) is 0 Å². The summed E-state index contributed by atoms with van der Waals surface area (Å²) in [7, 11) is 0. The summed E-state index contributed by atoms with van der Waals surface area (Å²) in [5, 5.41) is 8.41. The van der Waals surface area contributed by atoms with Gasteiger partial charge in [-0.15, -0.1) is 11.3 Å². The molecule has 3 heterocycles. The highest BCUT2D eigenvalue weighted by Crippen LogP contribution is 2.41. The molecule has 3 aromatic heterocycles. The van der Waals surface area contributed by atoms with E-state index in [1.54, 1.807) is 11.3 Å². The van der Waals surface area contributed by atoms with Crippen LogP contribution in [0, 0.1) is 0 Å². The lowest BCUT2D eigenvalue weighted by Crippen LogP contribution is -2.03. The summed E-state index contributed by atoms with van der Waals surface area (Å²) >= 11 is 1.77. The lowest BCUT2D eigenvalue weighted by atomic mass is 10.0. The number of hydrogen-bond acceptors (Lipinski definition) is 3. The van der Waals surface area contributed by atoms with E-state index in [0.717, 1.165) is 32.5 Å². The topological polar surface area (TPSA) is 30.7 Å². The van der Waals surface area contributed by atoms with Gasteiger partial charge < -0.3 is 0 Å². The number of benzene rings is 6. The zero-order valence-corrected chi connectivity index (χ0v) is 22.2. The highest BCUT2D eigenvalue weighted by molar-refractivity contribution is 7.26. The summed E-state index contributed by atoms with van der Waals surface area (Å²) in [4.78, 5) is 10.7. The molecule has 0 aliphatic carbocycles. The Balaban J connectivity index is 1.46. The van der Waals surface area contributed by atoms with Crippen LogP contribution in [-0.2, 0) is 0 Å². The van der Waals surface area contributed by atoms with Crippen LogP contribution in [-0.4, -0.2) is 14.5 Å². The second kappa shape index (κ2) is 8.22. The molecule has 0 unspecified atom stereocenters. The molecule has 0 spiro atoms. The van der Waals surface area contributed by atoms with Crippen molar-refractivity contribution in [2.75, 3.05) is 0 Å². The van der Waals surface area contributed by atoms with Gasteiger partial charge in [0.15, 0.2) is 0 Å². The van der Waals surface area contributed by atoms with Crippen molar-refractivity contribution in [1.29, 1.82) is 0 Å². The molecule has 4 heteroatoms. The van der Waals surface area contributed by atoms with Crippen molar-refractivity contribution < 1.29 is 0 Å². The third-order valence-electron chi connectivity index (χ3n) is 7.99. The van der Waals surface area contributed by atoms with Crippen molar-refractivity contribution in [3.05, 3.63) is 127 Å². The molecule has 0 bridgehead atoms. The highest BCUT2D eigenvalue weighted by Gasteiger charge is 2.21. The van der Waals surface area contributed by atoms with Crippen LogP contribution in [0.2, 0.25) is 0 Å². The van der Waals surface area contributed by atoms with Gasteiger partial charge in [0.2, 0.25) is 5.95 Å². The standard InChI is InChI=1S/C36H21N3S/c1-2-12-24-21-31-29(20-23(24)11-1)26-15-5-7-18-30(26)39(31)36-37-33(27-17-9-13-22-10-3-4-14-25(22)27)35-34(38-36)28-16-6-8-19-32(28)40-35/h1-21H. The summed E-state index contributed by atoms with van der Waals surface area (Å²) < 4.78 is 4.59. The molecule has 0 fully saturated rings. The summed E-state index contributed by atoms with van der Waals surface area (Å²) in [5.74, 6) is 0.695. The average molecular weight is 528 g/mol. The lowest BCUT2D eigenvalue weighted by molar-refractivity contribution is 1.02. The van der Waals surface area contributed by atoms with Crippen molar-refractivity contribution in [2.45, 2.75) is 0 Å². The van der Waals surface area contributed by atoms with Crippen LogP contribution in [0.1, 0.15) is 0 Å². The number of hydrogen-bond donors (Lipinski definition) is 0. The second-order valence-electron chi connectivity index (χ2n) is 10.2. The number of nitrogens with zero attached hydrogens (tertiary/aromatic N) is 3. The molecule has 0 atom stereocenters. The van der Waals surface area contributed by atoms with Gasteiger partial charge in [0.1, 0.15) is 0 Å². The van der Waals surface area contributed by atoms with E-state index >= 15 is 0 Å². The predicted molar refractivity (Wildman–Crippen MR) is 170 cm³/mol. The molecule has 0 radical (unpaired) electrons. The fraction of sp³-hybridized carbons (Fsp3) is 0. The van der Waals surface area contributed by atoms with Crippen LogP contribution < -0.4 is 0 Å². The molecule has 0 N–H and O–H groups in total. The van der Waals surface area contributed by atoms with E-state index in [9.17, 15) is 0 Å². The Hall–Kier alpha value is -5.06. The summed E-state index contributed by atoms with van der Waals surface area (Å²) in [5.41, 5.74) is 5.33. The van der Waals surface area contributed by atoms with Crippen LogP contribution in [0.15, 0.2) is 127 Å². The van der Waals surface area contributed by atoms with Crippen LogP contribution in [0.25, 0.3) is 80.9 Å². The van der Waals surface area contributed by atoms with Crippen molar-refractivity contribution in [3.8, 4) is 17.2 Å². The van der Waals surface area contributed by atoms with Gasteiger partial charge in [-0.1, -0.05) is 103 Å². The largest absolute Gasteiger partial charge is 0.278 e. The first kappa shape index (κ1) is 21.8. The zero-order chi connectivity index (χ0) is 26.2. The lowest BCUT2D eigenvalue weighted by Gasteiger charge is -2.12. The number of thiophene rings is 1. The first-order valence-electron chi connectivity index (χ1n) is 13.4. The van der Waals surface area contributed by atoms with Gasteiger partial charge in [-0.3, -0.25) is 4.57 Å². The highest BCUT2D eigenvalue weighted by atomic mass is 32.1. The molecule has 0 aliphatic heterocycles. The Morgan fingerprint density at radius 1 is 0.500 bits per heavy atom. The summed E-state index contributed by atoms with van der Waals surface area (Å²) in [6, 6.07) is 45.3. The summed E-state index contributed by atoms with van der Waals surface area (Å²) in [6.45, 7) is 0. The van der Waals surface area contributed by atoms with Crippen molar-refractivity contribution in [3.63, 3.8) is 0 Å². The maximum Gasteiger partial charge on any atom is 0.235 e. The quantitative estimate of drug-likeness (QED) is 0.224. The van der Waals surface area contributed by atoms with Gasteiger partial charge >= 0.3 is 0 Å². The third-order valence-corrected chi connectivity index (χ3v) is 9.16. The molecule has 9 aromatic rings. The summed E-state index contributed by atoms with van der Waals surface area (Å²) in [6.07, 6.45) is 0. The zero-order valence-electron chi connectivity index (χ0n) is 21.4. The first-order chi connectivity index (χ1) is 19.8. The van der Waals surface area contributed by atoms with Gasteiger partial charge in [-0.05, 0) is 45.8 Å². The van der Waals surface area contributed by atoms with Gasteiger partial charge in [-0.25, -0.2) is 9.97 Å². The van der Waals surface area contributed by atoms with Crippen LogP contribution in [0.3, 0.4) is 0 Å². The molecule has 0 aliphatic rings. The van der Waals surface area contributed by atoms with Gasteiger partial charge in [-0.2, -0.15) is 0 Å². The van der Waals surface area contributed by atoms with Crippen LogP contribution >= 0.6 is 11.3 Å². The maximum absolute atomic E-state index is 5.40. The number of aromatic nitrogens is 3. The van der Waals surface area contributed by atoms with Crippen molar-refractivity contribution >= 4 is 75.0 Å². The number of fused-ring (bicyclic) bond motifs is 8. The monoisotopic (exact) mass is 527 g/mol. The molecule has 186 valence electrons. The van der Waals surface area contributed by atoms with Crippen LogP contribution in [0.5, 0.6) is 0 Å². The normalized spacial score (nSPS) is 12.0. The second-order valence-corrected chi connectivity index (χ2v) is 11.3. The SMILES string of the molecule is c1ccc2cc3c(cc2c1)c1ccccc1n3-c1nc(-c2cccc3ccccc23)c2sc3ccccc3c2n1. The first-order valence-corrected chi connectivity index (χ1v) is 14.2. The van der Waals surface area contributed by atoms with E-state index in [2.05, 4.69) is 132 Å². The molecule has 40 heavy (non-hydrogen) atoms. The predicted octanol–water partition coefficient (Wildman–Crippen LogP) is 9.91. The Morgan fingerprint density at radius 3 is 2.05 bits per heavy atom. The van der Waals surface area contributed by atoms with E-state index in [1.165, 1.54) is 42.4 Å². The molecular formula is C36H21N3S. The fourth-order valence-electron chi connectivity index (χ4n) is 6.16. The molecule has 0 saturated heterocycles. The van der Waals surface area contributed by atoms with Crippen molar-refractivity contribution in [2.24, 2.45) is 0 Å². The molecule has 9 rings (SSSR count). The van der Waals surface area contributed by atoms with E-state index in [4.69, 9.17) is 9.97 Å². The molecular weight excluding hydrogens is 506 g/mol. The number of rotatable bonds is 2. The molecule has 0 saturated carbocycles. The van der Waals surface area contributed by atoms with E-state index in [0.29, 0.717) is 5.95 Å². The minimum absolute atomic E-state index is 0.695. The van der Waals surface area contributed by atoms with Crippen LogP contribution in [0.4, 0.5) is 0 Å². The van der Waals surface area contributed by atoms with Gasteiger partial charge in [0.05, 0.1) is 26.9 Å². The Kier molecular flexibility index (Phi) is 4.48. The maximum atomic E-state index is 5.40. The Bertz CT molecular complexity index is 2440. The minimum Gasteiger partial charge on any atom is -0.278 e. The molecule has 6 aromatic carbocycles. The van der Waals surface area contributed by atoms with Crippen molar-refractivity contribution in [1.82, 2.24) is 14.5 Å². The average Bonchev–Trinajstić information content (AvgIpc) is 3.54. The Labute approximate surface area is 233 Å². The smallest absolute Gasteiger partial charge is 0.235 e. The van der Waals surface area contributed by atoms with Gasteiger partial charge in [0, 0.05) is 26.4 Å². The fourth-order valence-corrected chi connectivity index (χ4v) is 7.31. The molecule has 3 nitrogen and oxygen atoms in total. The van der Waals surface area contributed by atoms with E-state index < -0.39 is 0 Å². The van der Waals surface area contributed by atoms with Gasteiger partial charge in [0.25, 0.3) is 0 Å². The third kappa shape index (κ3) is 3.05. The Morgan fingerprint density at radius 2 is 1.18 bits per heavy atom.